The number of oxazole rings is 1. The highest BCUT2D eigenvalue weighted by Gasteiger charge is 2.23. The van der Waals surface area contributed by atoms with Gasteiger partial charge in [-0.15, -0.1) is 0 Å². The normalized spacial score (nSPS) is 11.4. The van der Waals surface area contributed by atoms with Gasteiger partial charge < -0.3 is 9.15 Å². The zero-order chi connectivity index (χ0) is 21.1. The van der Waals surface area contributed by atoms with Gasteiger partial charge in [-0.05, 0) is 29.8 Å². The van der Waals surface area contributed by atoms with Gasteiger partial charge in [0.1, 0.15) is 11.4 Å². The average molecular weight is 420 g/mol. The summed E-state index contributed by atoms with van der Waals surface area (Å²) in [5.74, 6) is 1.47. The third-order valence-electron chi connectivity index (χ3n) is 4.65. The molecule has 0 aliphatic rings. The second kappa shape index (κ2) is 8.14. The molecule has 0 radical (unpaired) electrons. The van der Waals surface area contributed by atoms with Gasteiger partial charge in [0, 0.05) is 17.5 Å². The van der Waals surface area contributed by atoms with Crippen LogP contribution < -0.4 is 9.88 Å². The molecule has 0 amide bonds. The minimum Gasteiger partial charge on any atom is -0.497 e. The smallest absolute Gasteiger partial charge is 0.238 e. The van der Waals surface area contributed by atoms with Gasteiger partial charge in [0.05, 0.1) is 12.0 Å². The van der Waals surface area contributed by atoms with Crippen molar-refractivity contribution >= 4 is 10.0 Å². The van der Waals surface area contributed by atoms with Crippen LogP contribution in [-0.2, 0) is 16.4 Å². The SMILES string of the molecule is COc1cccc(-c2nc(Cc3ccccc3)oc2-c2ccccc2S(N)(=O)=O)c1. The molecule has 7 heteroatoms. The summed E-state index contributed by atoms with van der Waals surface area (Å²) in [6.07, 6.45) is 0.468. The van der Waals surface area contributed by atoms with E-state index in [1.54, 1.807) is 25.3 Å². The fourth-order valence-electron chi connectivity index (χ4n) is 3.26. The lowest BCUT2D eigenvalue weighted by molar-refractivity contribution is 0.415. The molecule has 4 rings (SSSR count). The van der Waals surface area contributed by atoms with Gasteiger partial charge in [-0.25, -0.2) is 18.5 Å². The summed E-state index contributed by atoms with van der Waals surface area (Å²) in [7, 11) is -2.37. The maximum Gasteiger partial charge on any atom is 0.238 e. The molecule has 0 fully saturated rings. The fourth-order valence-corrected chi connectivity index (χ4v) is 4.00. The van der Waals surface area contributed by atoms with Crippen LogP contribution in [0.1, 0.15) is 11.5 Å². The largest absolute Gasteiger partial charge is 0.497 e. The predicted octanol–water partition coefficient (Wildman–Crippen LogP) is 4.26. The van der Waals surface area contributed by atoms with Crippen LogP contribution in [0.15, 0.2) is 88.2 Å². The molecule has 4 aromatic rings. The van der Waals surface area contributed by atoms with Crippen molar-refractivity contribution in [1.82, 2.24) is 4.98 Å². The summed E-state index contributed by atoms with van der Waals surface area (Å²) in [5.41, 5.74) is 2.67. The number of sulfonamides is 1. The summed E-state index contributed by atoms with van der Waals surface area (Å²) >= 11 is 0. The standard InChI is InChI=1S/C23H20N2O4S/c1-28-18-11-7-10-17(15-18)22-23(19-12-5-6-13-20(19)30(24,26)27)29-21(25-22)14-16-8-3-2-4-9-16/h2-13,15H,14H2,1H3,(H2,24,26,27). The summed E-state index contributed by atoms with van der Waals surface area (Å²) in [6.45, 7) is 0. The van der Waals surface area contributed by atoms with Crippen LogP contribution in [0, 0.1) is 0 Å². The number of benzene rings is 3. The van der Waals surface area contributed by atoms with Gasteiger partial charge in [-0.2, -0.15) is 0 Å². The molecule has 1 heterocycles. The van der Waals surface area contributed by atoms with E-state index in [9.17, 15) is 8.42 Å². The van der Waals surface area contributed by atoms with Crippen LogP contribution in [0.5, 0.6) is 5.75 Å². The minimum absolute atomic E-state index is 0.0171. The van der Waals surface area contributed by atoms with Crippen LogP contribution in [0.4, 0.5) is 0 Å². The van der Waals surface area contributed by atoms with Crippen LogP contribution in [0.2, 0.25) is 0 Å². The van der Waals surface area contributed by atoms with Crippen LogP contribution in [0.3, 0.4) is 0 Å². The lowest BCUT2D eigenvalue weighted by atomic mass is 10.1. The van der Waals surface area contributed by atoms with Gasteiger partial charge in [-0.1, -0.05) is 54.6 Å². The Morgan fingerprint density at radius 2 is 1.70 bits per heavy atom. The Kier molecular flexibility index (Phi) is 5.39. The second-order valence-corrected chi connectivity index (χ2v) is 8.25. The van der Waals surface area contributed by atoms with Gasteiger partial charge in [0.25, 0.3) is 0 Å². The van der Waals surface area contributed by atoms with Crippen molar-refractivity contribution in [2.45, 2.75) is 11.3 Å². The average Bonchev–Trinajstić information content (AvgIpc) is 3.17. The molecule has 0 saturated carbocycles. The maximum atomic E-state index is 12.2. The minimum atomic E-state index is -3.96. The van der Waals surface area contributed by atoms with E-state index in [0.29, 0.717) is 35.1 Å². The van der Waals surface area contributed by atoms with E-state index in [2.05, 4.69) is 0 Å². The van der Waals surface area contributed by atoms with E-state index in [-0.39, 0.29) is 4.90 Å². The van der Waals surface area contributed by atoms with Crippen LogP contribution in [0.25, 0.3) is 22.6 Å². The van der Waals surface area contributed by atoms with Crippen molar-refractivity contribution in [1.29, 1.82) is 0 Å². The fraction of sp³-hybridized carbons (Fsp3) is 0.0870. The molecule has 0 aliphatic carbocycles. The van der Waals surface area contributed by atoms with Crippen LogP contribution in [-0.4, -0.2) is 20.5 Å². The molecule has 2 N–H and O–H groups in total. The van der Waals surface area contributed by atoms with Crippen molar-refractivity contribution in [3.05, 3.63) is 90.3 Å². The molecular weight excluding hydrogens is 400 g/mol. The first-order chi connectivity index (χ1) is 14.5. The Labute approximate surface area is 175 Å². The predicted molar refractivity (Wildman–Crippen MR) is 115 cm³/mol. The summed E-state index contributed by atoms with van der Waals surface area (Å²) in [4.78, 5) is 4.68. The number of primary sulfonamides is 1. The molecule has 30 heavy (non-hydrogen) atoms. The number of hydrogen-bond acceptors (Lipinski definition) is 5. The quantitative estimate of drug-likeness (QED) is 0.503. The van der Waals surface area contributed by atoms with Crippen molar-refractivity contribution in [3.8, 4) is 28.3 Å². The van der Waals surface area contributed by atoms with Gasteiger partial charge in [0.15, 0.2) is 11.7 Å². The molecule has 3 aromatic carbocycles. The number of rotatable bonds is 6. The zero-order valence-corrected chi connectivity index (χ0v) is 17.1. The highest BCUT2D eigenvalue weighted by Crippen LogP contribution is 2.37. The van der Waals surface area contributed by atoms with E-state index in [4.69, 9.17) is 19.3 Å². The highest BCUT2D eigenvalue weighted by molar-refractivity contribution is 7.89. The van der Waals surface area contributed by atoms with E-state index in [0.717, 1.165) is 11.1 Å². The molecule has 0 aliphatic heterocycles. The number of nitrogens with two attached hydrogens (primary N) is 1. The number of nitrogens with zero attached hydrogens (tertiary/aromatic N) is 1. The molecule has 0 unspecified atom stereocenters. The molecule has 1 aromatic heterocycles. The molecule has 152 valence electrons. The lowest BCUT2D eigenvalue weighted by Crippen LogP contribution is -2.13. The van der Waals surface area contributed by atoms with Crippen molar-refractivity contribution in [2.75, 3.05) is 7.11 Å². The summed E-state index contributed by atoms with van der Waals surface area (Å²) in [5, 5.41) is 5.45. The Bertz CT molecular complexity index is 1280. The molecule has 0 saturated heterocycles. The molecule has 0 spiro atoms. The first-order valence-electron chi connectivity index (χ1n) is 9.26. The molecular formula is C23H20N2O4S. The Morgan fingerprint density at radius 3 is 2.43 bits per heavy atom. The third-order valence-corrected chi connectivity index (χ3v) is 5.62. The maximum absolute atomic E-state index is 12.2. The van der Waals surface area contributed by atoms with Crippen molar-refractivity contribution in [3.63, 3.8) is 0 Å². The Hall–Kier alpha value is -3.42. The monoisotopic (exact) mass is 420 g/mol. The lowest BCUT2D eigenvalue weighted by Gasteiger charge is -2.07. The van der Waals surface area contributed by atoms with Crippen molar-refractivity contribution < 1.29 is 17.6 Å². The van der Waals surface area contributed by atoms with Gasteiger partial charge >= 0.3 is 0 Å². The van der Waals surface area contributed by atoms with E-state index < -0.39 is 10.0 Å². The van der Waals surface area contributed by atoms with Crippen LogP contribution >= 0.6 is 0 Å². The first kappa shape index (κ1) is 19.9. The topological polar surface area (TPSA) is 95.4 Å². The van der Waals surface area contributed by atoms with Gasteiger partial charge in [0.2, 0.25) is 10.0 Å². The van der Waals surface area contributed by atoms with E-state index >= 15 is 0 Å². The number of ether oxygens (including phenoxy) is 1. The zero-order valence-electron chi connectivity index (χ0n) is 16.3. The Morgan fingerprint density at radius 1 is 0.967 bits per heavy atom. The first-order valence-corrected chi connectivity index (χ1v) is 10.8. The number of methoxy groups -OCH3 is 1. The number of hydrogen-bond donors (Lipinski definition) is 1. The van der Waals surface area contributed by atoms with Crippen molar-refractivity contribution in [2.24, 2.45) is 5.14 Å². The third kappa shape index (κ3) is 4.12. The molecule has 6 nitrogen and oxygen atoms in total. The number of aromatic nitrogens is 1. The summed E-state index contributed by atoms with van der Waals surface area (Å²) < 4.78 is 35.8. The summed E-state index contributed by atoms with van der Waals surface area (Å²) in [6, 6.07) is 23.6. The molecule has 0 atom stereocenters. The Balaban J connectivity index is 1.91. The highest BCUT2D eigenvalue weighted by atomic mass is 32.2. The van der Waals surface area contributed by atoms with E-state index in [1.165, 1.54) is 6.07 Å². The second-order valence-electron chi connectivity index (χ2n) is 6.72. The van der Waals surface area contributed by atoms with Gasteiger partial charge in [-0.3, -0.25) is 0 Å². The van der Waals surface area contributed by atoms with E-state index in [1.807, 2.05) is 54.6 Å². The molecule has 0 bridgehead atoms.